The molecule has 2 aromatic rings. The molecule has 0 bridgehead atoms. The van der Waals surface area contributed by atoms with Crippen molar-refractivity contribution in [1.82, 2.24) is 14.9 Å². The Bertz CT molecular complexity index is 866. The average molecular weight is 344 g/mol. The fourth-order valence-corrected chi connectivity index (χ4v) is 2.84. The van der Waals surface area contributed by atoms with Crippen molar-refractivity contribution in [3.63, 3.8) is 0 Å². The summed E-state index contributed by atoms with van der Waals surface area (Å²) < 4.78 is 1.13. The van der Waals surface area contributed by atoms with E-state index in [0.29, 0.717) is 23.6 Å². The van der Waals surface area contributed by atoms with Crippen LogP contribution in [0.2, 0.25) is 0 Å². The molecule has 0 spiro atoms. The third-order valence-corrected chi connectivity index (χ3v) is 4.18. The first-order chi connectivity index (χ1) is 11.6. The molecule has 1 aromatic heterocycles. The summed E-state index contributed by atoms with van der Waals surface area (Å²) in [7, 11) is 0. The Hall–Kier alpha value is -2.79. The van der Waals surface area contributed by atoms with E-state index in [9.17, 15) is 14.4 Å². The predicted octanol–water partition coefficient (Wildman–Crippen LogP) is 0.458. The number of thioether (sulfide) groups is 1. The van der Waals surface area contributed by atoms with Gasteiger partial charge in [-0.2, -0.15) is 17.0 Å². The molecule has 24 heavy (non-hydrogen) atoms. The molecule has 0 radical (unpaired) electrons. The summed E-state index contributed by atoms with van der Waals surface area (Å²) in [5, 5.41) is 11.7. The maximum Gasteiger partial charge on any atom is 0.328 e. The number of nitrogens with one attached hydrogen (secondary N) is 2. The highest BCUT2D eigenvalue weighted by Gasteiger charge is 2.05. The molecule has 2 N–H and O–H groups in total. The predicted molar refractivity (Wildman–Crippen MR) is 91.7 cm³/mol. The van der Waals surface area contributed by atoms with Gasteiger partial charge in [-0.3, -0.25) is 19.1 Å². The quantitative estimate of drug-likeness (QED) is 0.710. The van der Waals surface area contributed by atoms with Gasteiger partial charge in [-0.05, 0) is 11.6 Å². The largest absolute Gasteiger partial charge is 0.354 e. The molecule has 0 aliphatic rings. The number of amides is 1. The van der Waals surface area contributed by atoms with E-state index < -0.39 is 11.2 Å². The van der Waals surface area contributed by atoms with Gasteiger partial charge in [0.15, 0.2) is 0 Å². The van der Waals surface area contributed by atoms with Crippen LogP contribution in [0.4, 0.5) is 0 Å². The molecule has 0 saturated carbocycles. The van der Waals surface area contributed by atoms with Gasteiger partial charge in [0.05, 0.1) is 11.6 Å². The standard InChI is InChI=1S/C16H16N4O3S/c17-9-12-3-1-2-4-13(12)11-24-8-6-18-15(22)10-20-7-5-14(21)19-16(20)23/h1-5,7H,6,8,10-11H2,(H,18,22)(H,19,21,23). The molecule has 0 aliphatic carbocycles. The van der Waals surface area contributed by atoms with Crippen molar-refractivity contribution >= 4 is 17.7 Å². The summed E-state index contributed by atoms with van der Waals surface area (Å²) in [4.78, 5) is 36.3. The first-order valence-corrected chi connectivity index (χ1v) is 8.38. The van der Waals surface area contributed by atoms with Crippen LogP contribution in [0.25, 0.3) is 0 Å². The zero-order valence-electron chi connectivity index (χ0n) is 12.8. The maximum absolute atomic E-state index is 11.8. The van der Waals surface area contributed by atoms with Gasteiger partial charge in [0.1, 0.15) is 6.54 Å². The van der Waals surface area contributed by atoms with Crippen LogP contribution in [0.1, 0.15) is 11.1 Å². The topological polar surface area (TPSA) is 108 Å². The second-order valence-electron chi connectivity index (χ2n) is 4.91. The average Bonchev–Trinajstić information content (AvgIpc) is 2.57. The normalized spacial score (nSPS) is 10.1. The van der Waals surface area contributed by atoms with E-state index in [2.05, 4.69) is 16.4 Å². The summed E-state index contributed by atoms with van der Waals surface area (Å²) in [6, 6.07) is 10.7. The number of hydrogen-bond acceptors (Lipinski definition) is 5. The number of benzene rings is 1. The van der Waals surface area contributed by atoms with Crippen molar-refractivity contribution < 1.29 is 4.79 Å². The minimum Gasteiger partial charge on any atom is -0.354 e. The van der Waals surface area contributed by atoms with E-state index in [-0.39, 0.29) is 12.5 Å². The molecule has 0 saturated heterocycles. The number of aromatic amines is 1. The van der Waals surface area contributed by atoms with E-state index in [1.54, 1.807) is 17.8 Å². The molecule has 8 heteroatoms. The van der Waals surface area contributed by atoms with Gasteiger partial charge < -0.3 is 5.32 Å². The minimum atomic E-state index is -0.611. The van der Waals surface area contributed by atoms with Crippen molar-refractivity contribution in [3.05, 3.63) is 68.5 Å². The molecule has 0 atom stereocenters. The highest BCUT2D eigenvalue weighted by molar-refractivity contribution is 7.98. The van der Waals surface area contributed by atoms with Gasteiger partial charge in [0.25, 0.3) is 5.56 Å². The van der Waals surface area contributed by atoms with E-state index >= 15 is 0 Å². The third kappa shape index (κ3) is 5.14. The van der Waals surface area contributed by atoms with Crippen molar-refractivity contribution in [2.24, 2.45) is 0 Å². The molecule has 0 unspecified atom stereocenters. The molecule has 124 valence electrons. The monoisotopic (exact) mass is 344 g/mol. The fourth-order valence-electron chi connectivity index (χ4n) is 1.98. The number of carbonyl (C=O) groups excluding carboxylic acids is 1. The second-order valence-corrected chi connectivity index (χ2v) is 6.01. The lowest BCUT2D eigenvalue weighted by molar-refractivity contribution is -0.121. The zero-order valence-corrected chi connectivity index (χ0v) is 13.6. The number of hydrogen-bond donors (Lipinski definition) is 2. The van der Waals surface area contributed by atoms with Crippen LogP contribution in [0.15, 0.2) is 46.1 Å². The lowest BCUT2D eigenvalue weighted by Crippen LogP contribution is -2.36. The van der Waals surface area contributed by atoms with Crippen LogP contribution in [0.5, 0.6) is 0 Å². The number of aromatic nitrogens is 2. The Morgan fingerprint density at radius 1 is 1.29 bits per heavy atom. The van der Waals surface area contributed by atoms with Crippen LogP contribution >= 0.6 is 11.8 Å². The first-order valence-electron chi connectivity index (χ1n) is 7.22. The molecular weight excluding hydrogens is 328 g/mol. The smallest absolute Gasteiger partial charge is 0.328 e. The maximum atomic E-state index is 11.8. The Kier molecular flexibility index (Phi) is 6.40. The summed E-state index contributed by atoms with van der Waals surface area (Å²) in [5.74, 6) is 1.08. The lowest BCUT2D eigenvalue weighted by atomic mass is 10.1. The number of nitriles is 1. The highest BCUT2D eigenvalue weighted by atomic mass is 32.2. The van der Waals surface area contributed by atoms with Crippen LogP contribution in [0.3, 0.4) is 0 Å². The van der Waals surface area contributed by atoms with Crippen LogP contribution in [-0.2, 0) is 17.1 Å². The van der Waals surface area contributed by atoms with Gasteiger partial charge in [-0.25, -0.2) is 4.79 Å². The van der Waals surface area contributed by atoms with Gasteiger partial charge >= 0.3 is 5.69 Å². The molecule has 1 aromatic carbocycles. The van der Waals surface area contributed by atoms with E-state index in [0.717, 1.165) is 10.1 Å². The molecular formula is C16H16N4O3S. The molecule has 2 rings (SSSR count). The first kappa shape index (κ1) is 17.6. The van der Waals surface area contributed by atoms with Crippen LogP contribution in [-0.4, -0.2) is 27.8 Å². The third-order valence-electron chi connectivity index (χ3n) is 3.17. The Balaban J connectivity index is 1.72. The Morgan fingerprint density at radius 2 is 2.08 bits per heavy atom. The lowest BCUT2D eigenvalue weighted by Gasteiger charge is -2.07. The van der Waals surface area contributed by atoms with Gasteiger partial charge in [-0.1, -0.05) is 18.2 Å². The van der Waals surface area contributed by atoms with Crippen LogP contribution < -0.4 is 16.6 Å². The van der Waals surface area contributed by atoms with E-state index in [1.165, 1.54) is 12.3 Å². The minimum absolute atomic E-state index is 0.141. The molecule has 1 heterocycles. The molecule has 7 nitrogen and oxygen atoms in total. The summed E-state index contributed by atoms with van der Waals surface area (Å²) in [5.41, 5.74) is 0.522. The van der Waals surface area contributed by atoms with Crippen molar-refractivity contribution in [2.45, 2.75) is 12.3 Å². The highest BCUT2D eigenvalue weighted by Crippen LogP contribution is 2.15. The Morgan fingerprint density at radius 3 is 2.83 bits per heavy atom. The Labute approximate surface area is 142 Å². The molecule has 0 fully saturated rings. The van der Waals surface area contributed by atoms with Crippen molar-refractivity contribution in [3.8, 4) is 6.07 Å². The van der Waals surface area contributed by atoms with Crippen LogP contribution in [0, 0.1) is 11.3 Å². The summed E-state index contributed by atoms with van der Waals surface area (Å²) in [6.45, 7) is 0.313. The van der Waals surface area contributed by atoms with Gasteiger partial charge in [-0.15, -0.1) is 0 Å². The number of rotatable bonds is 7. The molecule has 0 aliphatic heterocycles. The van der Waals surface area contributed by atoms with E-state index in [1.807, 2.05) is 18.2 Å². The molecule has 1 amide bonds. The second kappa shape index (κ2) is 8.74. The van der Waals surface area contributed by atoms with Gasteiger partial charge in [0, 0.05) is 30.3 Å². The number of nitrogens with zero attached hydrogens (tertiary/aromatic N) is 2. The van der Waals surface area contributed by atoms with Crippen molar-refractivity contribution in [1.29, 1.82) is 5.26 Å². The number of carbonyl (C=O) groups is 1. The number of H-pyrrole nitrogens is 1. The van der Waals surface area contributed by atoms with Crippen molar-refractivity contribution in [2.75, 3.05) is 12.3 Å². The van der Waals surface area contributed by atoms with Gasteiger partial charge in [0.2, 0.25) is 5.91 Å². The summed E-state index contributed by atoms with van der Waals surface area (Å²) in [6.07, 6.45) is 1.29. The van der Waals surface area contributed by atoms with E-state index in [4.69, 9.17) is 5.26 Å². The summed E-state index contributed by atoms with van der Waals surface area (Å²) >= 11 is 1.61. The zero-order chi connectivity index (χ0) is 17.4. The SMILES string of the molecule is N#Cc1ccccc1CSCCNC(=O)Cn1ccc(=O)[nH]c1=O. The fraction of sp³-hybridized carbons (Fsp3) is 0.250.